The smallest absolute Gasteiger partial charge is 0.387 e. The largest absolute Gasteiger partial charge is 0.435 e. The van der Waals surface area contributed by atoms with E-state index in [2.05, 4.69) is 30.4 Å². The van der Waals surface area contributed by atoms with Gasteiger partial charge in [0, 0.05) is 36.2 Å². The van der Waals surface area contributed by atoms with E-state index in [1.165, 1.54) is 18.9 Å². The summed E-state index contributed by atoms with van der Waals surface area (Å²) >= 11 is 0. The van der Waals surface area contributed by atoms with Gasteiger partial charge in [-0.25, -0.2) is 9.67 Å². The topological polar surface area (TPSA) is 52.4 Å². The standard InChI is InChI=1S/C23H30F2N4O2/c1-13(2)29-22(26-21(27-29)15-5-4-6-17(9-15)31-23(24)25)20-18-10-16(11-19(18)20)28-7-8-30-12-14(28)3/h4-6,9,13-14,16,18-20,23H,7-8,10-12H2,1-3H3/t14-,16?,18-,19-,20?/m1/s1. The normalized spacial score (nSPS) is 29.0. The number of morpholine rings is 1. The Morgan fingerprint density at radius 2 is 1.97 bits per heavy atom. The lowest BCUT2D eigenvalue weighted by Crippen LogP contribution is -2.49. The van der Waals surface area contributed by atoms with Crippen LogP contribution in [0, 0.1) is 11.8 Å². The van der Waals surface area contributed by atoms with Crippen LogP contribution in [0.2, 0.25) is 0 Å². The van der Waals surface area contributed by atoms with Crippen molar-refractivity contribution in [2.45, 2.75) is 64.3 Å². The molecule has 3 atom stereocenters. The molecular formula is C23H30F2N4O2. The molecule has 31 heavy (non-hydrogen) atoms. The molecule has 1 saturated heterocycles. The van der Waals surface area contributed by atoms with E-state index in [0.717, 1.165) is 25.6 Å². The monoisotopic (exact) mass is 432 g/mol. The first kappa shape index (κ1) is 20.8. The van der Waals surface area contributed by atoms with Crippen LogP contribution in [0.15, 0.2) is 24.3 Å². The minimum absolute atomic E-state index is 0.126. The van der Waals surface area contributed by atoms with E-state index in [4.69, 9.17) is 14.8 Å². The molecule has 168 valence electrons. The summed E-state index contributed by atoms with van der Waals surface area (Å²) in [5.74, 6) is 3.49. The highest BCUT2D eigenvalue weighted by molar-refractivity contribution is 5.57. The average molecular weight is 433 g/mol. The van der Waals surface area contributed by atoms with Gasteiger partial charge in [-0.05, 0) is 57.6 Å². The fourth-order valence-corrected chi connectivity index (χ4v) is 5.62. The Morgan fingerprint density at radius 3 is 2.65 bits per heavy atom. The van der Waals surface area contributed by atoms with Crippen molar-refractivity contribution < 1.29 is 18.3 Å². The highest BCUT2D eigenvalue weighted by Gasteiger charge is 2.59. The molecule has 2 heterocycles. The first-order valence-electron chi connectivity index (χ1n) is 11.3. The van der Waals surface area contributed by atoms with Crippen LogP contribution in [-0.4, -0.2) is 58.1 Å². The highest BCUT2D eigenvalue weighted by Crippen LogP contribution is 2.64. The number of rotatable bonds is 6. The summed E-state index contributed by atoms with van der Waals surface area (Å²) in [4.78, 5) is 7.52. The van der Waals surface area contributed by atoms with Crippen LogP contribution >= 0.6 is 0 Å². The summed E-state index contributed by atoms with van der Waals surface area (Å²) in [6, 6.07) is 7.96. The Kier molecular flexibility index (Phi) is 5.46. The summed E-state index contributed by atoms with van der Waals surface area (Å²) in [5, 5.41) is 4.75. The van der Waals surface area contributed by atoms with Crippen LogP contribution in [0.4, 0.5) is 8.78 Å². The third-order valence-electron chi connectivity index (χ3n) is 7.07. The van der Waals surface area contributed by atoms with Crippen LogP contribution in [0.1, 0.15) is 51.4 Å². The number of ether oxygens (including phenoxy) is 2. The fourth-order valence-electron chi connectivity index (χ4n) is 5.62. The molecule has 1 aromatic heterocycles. The minimum atomic E-state index is -2.85. The molecule has 1 aliphatic heterocycles. The first-order chi connectivity index (χ1) is 14.9. The molecule has 5 rings (SSSR count). The van der Waals surface area contributed by atoms with Crippen molar-refractivity contribution in [2.75, 3.05) is 19.8 Å². The van der Waals surface area contributed by atoms with E-state index in [0.29, 0.717) is 41.2 Å². The lowest BCUT2D eigenvalue weighted by atomic mass is 10.0. The number of hydrogen-bond donors (Lipinski definition) is 0. The average Bonchev–Trinajstić information content (AvgIpc) is 3.08. The number of aromatic nitrogens is 3. The van der Waals surface area contributed by atoms with Crippen molar-refractivity contribution in [3.8, 4) is 17.1 Å². The molecule has 2 aliphatic carbocycles. The second kappa shape index (κ2) is 8.13. The zero-order chi connectivity index (χ0) is 21.7. The van der Waals surface area contributed by atoms with E-state index in [1.54, 1.807) is 12.1 Å². The molecule has 0 radical (unpaired) electrons. The second-order valence-electron chi connectivity index (χ2n) is 9.38. The van der Waals surface area contributed by atoms with Crippen molar-refractivity contribution in [2.24, 2.45) is 11.8 Å². The summed E-state index contributed by atoms with van der Waals surface area (Å²) < 4.78 is 37.4. The van der Waals surface area contributed by atoms with Gasteiger partial charge in [-0.3, -0.25) is 4.90 Å². The maximum atomic E-state index is 12.6. The van der Waals surface area contributed by atoms with Crippen LogP contribution in [0.5, 0.6) is 5.75 Å². The van der Waals surface area contributed by atoms with Crippen LogP contribution in [-0.2, 0) is 4.74 Å². The van der Waals surface area contributed by atoms with Gasteiger partial charge in [0.15, 0.2) is 5.82 Å². The SMILES string of the molecule is CC(C)n1nc(-c2cccc(OC(F)F)c2)nc1C1[C@@H]2CC(N3CCOC[C@H]3C)C[C@@H]12. The van der Waals surface area contributed by atoms with Crippen LogP contribution in [0.3, 0.4) is 0 Å². The van der Waals surface area contributed by atoms with E-state index >= 15 is 0 Å². The molecule has 3 aliphatic rings. The summed E-state index contributed by atoms with van der Waals surface area (Å²) in [7, 11) is 0. The van der Waals surface area contributed by atoms with Gasteiger partial charge < -0.3 is 9.47 Å². The zero-order valence-electron chi connectivity index (χ0n) is 18.2. The molecular weight excluding hydrogens is 402 g/mol. The lowest BCUT2D eigenvalue weighted by Gasteiger charge is -2.38. The summed E-state index contributed by atoms with van der Waals surface area (Å²) in [6.45, 7) is 6.31. The molecule has 8 heteroatoms. The lowest BCUT2D eigenvalue weighted by molar-refractivity contribution is -0.0498. The maximum Gasteiger partial charge on any atom is 0.387 e. The van der Waals surface area contributed by atoms with Gasteiger partial charge in [-0.2, -0.15) is 13.9 Å². The Bertz CT molecular complexity index is 922. The van der Waals surface area contributed by atoms with Crippen molar-refractivity contribution in [3.63, 3.8) is 0 Å². The number of nitrogens with zero attached hydrogens (tertiary/aromatic N) is 4. The van der Waals surface area contributed by atoms with Gasteiger partial charge in [0.2, 0.25) is 0 Å². The molecule has 2 saturated carbocycles. The molecule has 0 N–H and O–H groups in total. The van der Waals surface area contributed by atoms with Crippen LogP contribution in [0.25, 0.3) is 11.4 Å². The van der Waals surface area contributed by atoms with Crippen molar-refractivity contribution in [3.05, 3.63) is 30.1 Å². The molecule has 6 nitrogen and oxygen atoms in total. The van der Waals surface area contributed by atoms with Gasteiger partial charge in [-0.1, -0.05) is 12.1 Å². The van der Waals surface area contributed by atoms with Gasteiger partial charge >= 0.3 is 6.61 Å². The molecule has 0 unspecified atom stereocenters. The number of halogens is 2. The first-order valence-corrected chi connectivity index (χ1v) is 11.3. The van der Waals surface area contributed by atoms with Crippen molar-refractivity contribution in [1.29, 1.82) is 0 Å². The predicted molar refractivity (Wildman–Crippen MR) is 112 cm³/mol. The molecule has 0 spiro atoms. The summed E-state index contributed by atoms with van der Waals surface area (Å²) in [6.07, 6.45) is 2.41. The van der Waals surface area contributed by atoms with Gasteiger partial charge in [0.1, 0.15) is 11.6 Å². The minimum Gasteiger partial charge on any atom is -0.435 e. The predicted octanol–water partition coefficient (Wildman–Crippen LogP) is 4.34. The van der Waals surface area contributed by atoms with Gasteiger partial charge in [0.25, 0.3) is 0 Å². The Balaban J connectivity index is 1.34. The quantitative estimate of drug-likeness (QED) is 0.680. The number of fused-ring (bicyclic) bond motifs is 1. The zero-order valence-corrected chi connectivity index (χ0v) is 18.2. The molecule has 2 aromatic rings. The van der Waals surface area contributed by atoms with Gasteiger partial charge in [-0.15, -0.1) is 0 Å². The molecule has 3 fully saturated rings. The molecule has 0 bridgehead atoms. The van der Waals surface area contributed by atoms with Crippen molar-refractivity contribution >= 4 is 0 Å². The number of alkyl halides is 2. The van der Waals surface area contributed by atoms with E-state index in [-0.39, 0.29) is 11.8 Å². The van der Waals surface area contributed by atoms with E-state index < -0.39 is 6.61 Å². The Morgan fingerprint density at radius 1 is 1.19 bits per heavy atom. The molecule has 1 aromatic carbocycles. The van der Waals surface area contributed by atoms with Gasteiger partial charge in [0.05, 0.1) is 13.2 Å². The summed E-state index contributed by atoms with van der Waals surface area (Å²) in [5.41, 5.74) is 0.699. The van der Waals surface area contributed by atoms with Crippen molar-refractivity contribution in [1.82, 2.24) is 19.7 Å². The number of hydrogen-bond acceptors (Lipinski definition) is 5. The van der Waals surface area contributed by atoms with Crippen LogP contribution < -0.4 is 4.74 Å². The third-order valence-corrected chi connectivity index (χ3v) is 7.07. The fraction of sp³-hybridized carbons (Fsp3) is 0.652. The molecule has 0 amide bonds. The third kappa shape index (κ3) is 3.96. The number of benzene rings is 1. The highest BCUT2D eigenvalue weighted by atomic mass is 19.3. The maximum absolute atomic E-state index is 12.6. The second-order valence-corrected chi connectivity index (χ2v) is 9.38. The Hall–Kier alpha value is -2.06. The van der Waals surface area contributed by atoms with E-state index in [1.807, 2.05) is 10.7 Å². The van der Waals surface area contributed by atoms with E-state index in [9.17, 15) is 8.78 Å². The Labute approximate surface area is 181 Å².